The topological polar surface area (TPSA) is 0 Å². The van der Waals surface area contributed by atoms with Crippen molar-refractivity contribution in [2.45, 2.75) is 5.92 Å². The van der Waals surface area contributed by atoms with E-state index in [2.05, 4.69) is 72.9 Å². The van der Waals surface area contributed by atoms with Crippen molar-refractivity contribution < 1.29 is 0 Å². The van der Waals surface area contributed by atoms with Gasteiger partial charge >= 0.3 is 0 Å². The number of fused-ring (bicyclic) bond motifs is 1. The second kappa shape index (κ2) is 3.62. The highest BCUT2D eigenvalue weighted by atomic mass is 14.4. The Balaban J connectivity index is 1.85. The first kappa shape index (κ1) is 11.6. The largest absolute Gasteiger partial charge is 0.0723 e. The van der Waals surface area contributed by atoms with Crippen LogP contribution in [0.2, 0.25) is 0 Å². The van der Waals surface area contributed by atoms with E-state index in [0.717, 1.165) is 0 Å². The van der Waals surface area contributed by atoms with E-state index < -0.39 is 0 Å². The van der Waals surface area contributed by atoms with E-state index in [1.807, 2.05) is 0 Å². The van der Waals surface area contributed by atoms with E-state index in [0.29, 0.717) is 11.8 Å². The Morgan fingerprint density at radius 3 is 2.83 bits per heavy atom. The molecule has 5 aliphatic rings. The van der Waals surface area contributed by atoms with Crippen molar-refractivity contribution in [2.75, 3.05) is 0 Å². The van der Waals surface area contributed by atoms with Crippen molar-refractivity contribution in [1.82, 2.24) is 0 Å². The number of allylic oxidation sites excluding steroid dienone is 7. The number of benzene rings is 2. The van der Waals surface area contributed by atoms with Gasteiger partial charge in [0.2, 0.25) is 0 Å². The van der Waals surface area contributed by atoms with Crippen LogP contribution in [0, 0.1) is 16.4 Å². The molecule has 5 aliphatic carbocycles. The predicted molar refractivity (Wildman–Crippen MR) is 97.4 cm³/mol. The second-order valence-corrected chi connectivity index (χ2v) is 7.30. The van der Waals surface area contributed by atoms with E-state index in [1.165, 1.54) is 37.6 Å². The molecule has 0 aliphatic heterocycles. The first-order chi connectivity index (χ1) is 11.9. The van der Waals surface area contributed by atoms with Gasteiger partial charge in [0.25, 0.3) is 0 Å². The minimum absolute atomic E-state index is 0.430. The lowest BCUT2D eigenvalue weighted by Gasteiger charge is -2.39. The van der Waals surface area contributed by atoms with Gasteiger partial charge in [-0.05, 0) is 54.3 Å². The maximum Gasteiger partial charge on any atom is 0.0323 e. The van der Waals surface area contributed by atoms with Crippen molar-refractivity contribution in [1.29, 1.82) is 0 Å². The van der Waals surface area contributed by atoms with Gasteiger partial charge in [-0.3, -0.25) is 0 Å². The molecule has 0 fully saturated rings. The lowest BCUT2D eigenvalue weighted by atomic mass is 9.64. The molecule has 0 saturated carbocycles. The second-order valence-electron chi connectivity index (χ2n) is 7.30. The molecule has 110 valence electrons. The molecule has 7 rings (SSSR count). The van der Waals surface area contributed by atoms with Crippen molar-refractivity contribution in [2.24, 2.45) is 5.92 Å². The summed E-state index contributed by atoms with van der Waals surface area (Å²) in [5, 5.41) is 5.76. The van der Waals surface area contributed by atoms with E-state index in [4.69, 9.17) is 0 Å². The SMILES string of the molecule is C1=CC2=CC=c3ccc4c5c3C2C(=C1)C1C=Cc2cccc=4c2=C51. The molecule has 0 nitrogen and oxygen atoms in total. The third kappa shape index (κ3) is 1.09. The average Bonchev–Trinajstić information content (AvgIpc) is 2.99. The first-order valence-electron chi connectivity index (χ1n) is 8.71. The van der Waals surface area contributed by atoms with Crippen molar-refractivity contribution in [3.63, 3.8) is 0 Å². The van der Waals surface area contributed by atoms with Crippen LogP contribution in [0.3, 0.4) is 0 Å². The summed E-state index contributed by atoms with van der Waals surface area (Å²) in [6.45, 7) is 0. The minimum atomic E-state index is 0.430. The van der Waals surface area contributed by atoms with E-state index in [1.54, 1.807) is 16.7 Å². The lowest BCUT2D eigenvalue weighted by molar-refractivity contribution is 0.781. The van der Waals surface area contributed by atoms with Crippen LogP contribution in [0.25, 0.3) is 17.7 Å². The fourth-order valence-electron chi connectivity index (χ4n) is 5.46. The van der Waals surface area contributed by atoms with Gasteiger partial charge in [-0.15, -0.1) is 0 Å². The average molecular weight is 302 g/mol. The minimum Gasteiger partial charge on any atom is -0.0723 e. The Hall–Kier alpha value is -2.86. The van der Waals surface area contributed by atoms with Crippen LogP contribution in [0.15, 0.2) is 71.9 Å². The van der Waals surface area contributed by atoms with Gasteiger partial charge < -0.3 is 0 Å². The van der Waals surface area contributed by atoms with Crippen molar-refractivity contribution >= 4 is 17.7 Å². The molecule has 0 bridgehead atoms. The highest BCUT2D eigenvalue weighted by Crippen LogP contribution is 2.51. The summed E-state index contributed by atoms with van der Waals surface area (Å²) in [6, 6.07) is 11.4. The van der Waals surface area contributed by atoms with Gasteiger partial charge in [0.05, 0.1) is 0 Å². The number of hydrogen-bond donors (Lipinski definition) is 0. The third-order valence-electron chi connectivity index (χ3n) is 6.33. The Morgan fingerprint density at radius 1 is 0.833 bits per heavy atom. The highest BCUT2D eigenvalue weighted by Gasteiger charge is 2.40. The van der Waals surface area contributed by atoms with Crippen LogP contribution in [-0.4, -0.2) is 0 Å². The Kier molecular flexibility index (Phi) is 1.76. The van der Waals surface area contributed by atoms with Gasteiger partial charge in [0, 0.05) is 11.8 Å². The van der Waals surface area contributed by atoms with Crippen LogP contribution >= 0.6 is 0 Å². The molecule has 2 atom stereocenters. The van der Waals surface area contributed by atoms with Crippen LogP contribution in [0.5, 0.6) is 0 Å². The van der Waals surface area contributed by atoms with Gasteiger partial charge in [-0.1, -0.05) is 72.9 Å². The summed E-state index contributed by atoms with van der Waals surface area (Å²) in [7, 11) is 0. The molecule has 2 unspecified atom stereocenters. The predicted octanol–water partition coefficient (Wildman–Crippen LogP) is 3.44. The van der Waals surface area contributed by atoms with Gasteiger partial charge in [0.1, 0.15) is 0 Å². The fraction of sp³-hybridized carbons (Fsp3) is 0.0833. The smallest absolute Gasteiger partial charge is 0.0323 e. The zero-order valence-electron chi connectivity index (χ0n) is 13.1. The fourth-order valence-corrected chi connectivity index (χ4v) is 5.46. The molecule has 0 spiro atoms. The van der Waals surface area contributed by atoms with Gasteiger partial charge in [-0.25, -0.2) is 0 Å². The van der Waals surface area contributed by atoms with Crippen LogP contribution in [0.4, 0.5) is 0 Å². The van der Waals surface area contributed by atoms with E-state index >= 15 is 0 Å². The van der Waals surface area contributed by atoms with E-state index in [9.17, 15) is 0 Å². The molecule has 0 heterocycles. The summed E-state index contributed by atoms with van der Waals surface area (Å²) in [5.41, 5.74) is 9.01. The summed E-state index contributed by atoms with van der Waals surface area (Å²) >= 11 is 0. The van der Waals surface area contributed by atoms with Gasteiger partial charge in [-0.2, -0.15) is 0 Å². The molecule has 0 N–H and O–H groups in total. The lowest BCUT2D eigenvalue weighted by Crippen LogP contribution is -2.32. The zero-order chi connectivity index (χ0) is 15.4. The number of rotatable bonds is 0. The molecule has 0 aromatic heterocycles. The van der Waals surface area contributed by atoms with Crippen LogP contribution in [-0.2, 0) is 0 Å². The quantitative estimate of drug-likeness (QED) is 0.699. The molecule has 2 aromatic rings. The van der Waals surface area contributed by atoms with Crippen molar-refractivity contribution in [3.05, 3.63) is 109 Å². The van der Waals surface area contributed by atoms with Crippen LogP contribution in [0.1, 0.15) is 22.6 Å². The normalized spacial score (nSPS) is 25.1. The molecule has 0 saturated heterocycles. The molecule has 2 aromatic carbocycles. The maximum atomic E-state index is 2.42. The molecular weight excluding hydrogens is 288 g/mol. The third-order valence-corrected chi connectivity index (χ3v) is 6.33. The molecule has 0 radical (unpaired) electrons. The zero-order valence-corrected chi connectivity index (χ0v) is 13.1. The monoisotopic (exact) mass is 302 g/mol. The van der Waals surface area contributed by atoms with E-state index in [-0.39, 0.29) is 0 Å². The Labute approximate surface area is 139 Å². The molecule has 0 amide bonds. The summed E-state index contributed by atoms with van der Waals surface area (Å²) < 4.78 is 0. The molecular formula is C24H14. The Bertz CT molecular complexity index is 1340. The van der Waals surface area contributed by atoms with Crippen LogP contribution < -0.4 is 10.4 Å². The standard InChI is InChI=1S/C24H14/c1-3-13-7-8-15-10-12-19-17-6-2-4-14-9-11-18-16(5-1)20(13)22(15)24(19)23(18)21(14)17/h1-12,18,20H. The number of hydrogen-bond acceptors (Lipinski definition) is 0. The maximum absolute atomic E-state index is 2.42. The molecule has 0 heteroatoms. The summed E-state index contributed by atoms with van der Waals surface area (Å²) in [6.07, 6.45) is 16.3. The van der Waals surface area contributed by atoms with Crippen molar-refractivity contribution in [3.8, 4) is 0 Å². The highest BCUT2D eigenvalue weighted by molar-refractivity contribution is 5.87. The summed E-state index contributed by atoms with van der Waals surface area (Å²) in [5.74, 6) is 0.873. The molecule has 24 heavy (non-hydrogen) atoms. The van der Waals surface area contributed by atoms with Gasteiger partial charge in [0.15, 0.2) is 0 Å². The Morgan fingerprint density at radius 2 is 1.83 bits per heavy atom. The summed E-state index contributed by atoms with van der Waals surface area (Å²) in [4.78, 5) is 0. The first-order valence-corrected chi connectivity index (χ1v) is 8.71.